The van der Waals surface area contributed by atoms with Crippen LogP contribution in [-0.4, -0.2) is 27.8 Å². The van der Waals surface area contributed by atoms with Crippen LogP contribution >= 0.6 is 23.2 Å². The third-order valence-electron chi connectivity index (χ3n) is 5.02. The highest BCUT2D eigenvalue weighted by Crippen LogP contribution is 2.27. The summed E-state index contributed by atoms with van der Waals surface area (Å²) in [6.07, 6.45) is -1.34. The number of alkyl halides is 3. The summed E-state index contributed by atoms with van der Waals surface area (Å²) in [5.74, 6) is 0.0750. The van der Waals surface area contributed by atoms with Gasteiger partial charge in [0.25, 0.3) is 0 Å². The molecule has 0 atom stereocenters. The van der Waals surface area contributed by atoms with Gasteiger partial charge in [0.15, 0.2) is 5.15 Å². The number of unbranched alkanes of at least 4 members (excludes halogenated alkanes) is 1. The Morgan fingerprint density at radius 3 is 2.44 bits per heavy atom. The number of hydrogen-bond donors (Lipinski definition) is 2. The van der Waals surface area contributed by atoms with Gasteiger partial charge in [0, 0.05) is 12.0 Å². The standard InChI is InChI=1S/C25H23Cl2F3N4O2/c1-2-3-8-22-33-20(23(27)34-22)14-36-24(35)16-11-9-15(10-12-16)19(13-21(31)25(28,29)30)32-18-7-5-4-6-17(18)26/h4-7,9-13H,2-3,8,14,31H2,1H3,(H,33,34). The van der Waals surface area contributed by atoms with Crippen molar-refractivity contribution >= 4 is 40.6 Å². The Morgan fingerprint density at radius 1 is 1.14 bits per heavy atom. The Balaban J connectivity index is 1.80. The molecule has 3 N–H and O–H groups in total. The topological polar surface area (TPSA) is 93.4 Å². The summed E-state index contributed by atoms with van der Waals surface area (Å²) in [4.78, 5) is 24.0. The maximum absolute atomic E-state index is 13.1. The number of aromatic amines is 1. The molecular weight excluding hydrogens is 516 g/mol. The SMILES string of the molecule is CCCCc1nc(Cl)c(COC(=O)c2ccc(C(C=C(N)C(F)(F)F)=Nc3ccccc3Cl)cc2)[nH]1. The summed E-state index contributed by atoms with van der Waals surface area (Å²) in [6, 6.07) is 12.2. The Labute approximate surface area is 216 Å². The number of nitrogens with two attached hydrogens (primary N) is 1. The lowest BCUT2D eigenvalue weighted by molar-refractivity contribution is -0.0925. The predicted molar refractivity (Wildman–Crippen MR) is 134 cm³/mol. The van der Waals surface area contributed by atoms with Crippen molar-refractivity contribution in [2.24, 2.45) is 10.7 Å². The van der Waals surface area contributed by atoms with Crippen molar-refractivity contribution in [3.8, 4) is 0 Å². The average Bonchev–Trinajstić information content (AvgIpc) is 3.20. The first-order valence-corrected chi connectivity index (χ1v) is 11.7. The number of aliphatic imine (C=N–C) groups is 1. The number of benzene rings is 2. The molecule has 3 rings (SSSR count). The number of carbonyl (C=O) groups is 1. The lowest BCUT2D eigenvalue weighted by Crippen LogP contribution is -2.21. The zero-order valence-corrected chi connectivity index (χ0v) is 20.7. The van der Waals surface area contributed by atoms with E-state index < -0.39 is 17.8 Å². The number of imidazole rings is 1. The molecule has 0 bridgehead atoms. The summed E-state index contributed by atoms with van der Waals surface area (Å²) >= 11 is 12.2. The van der Waals surface area contributed by atoms with E-state index in [9.17, 15) is 18.0 Å². The molecule has 190 valence electrons. The van der Waals surface area contributed by atoms with Gasteiger partial charge in [0.1, 0.15) is 18.1 Å². The summed E-state index contributed by atoms with van der Waals surface area (Å²) < 4.78 is 44.5. The van der Waals surface area contributed by atoms with Crippen molar-refractivity contribution < 1.29 is 22.7 Å². The lowest BCUT2D eigenvalue weighted by atomic mass is 10.1. The van der Waals surface area contributed by atoms with Crippen molar-refractivity contribution in [1.82, 2.24) is 9.97 Å². The van der Waals surface area contributed by atoms with E-state index in [2.05, 4.69) is 21.9 Å². The summed E-state index contributed by atoms with van der Waals surface area (Å²) in [5.41, 5.74) is 5.03. The van der Waals surface area contributed by atoms with E-state index in [1.165, 1.54) is 24.3 Å². The number of aromatic nitrogens is 2. The van der Waals surface area contributed by atoms with Crippen molar-refractivity contribution in [3.05, 3.63) is 93.1 Å². The molecular formula is C25H23Cl2F3N4O2. The number of para-hydroxylation sites is 1. The minimum absolute atomic E-state index is 0.0818. The summed E-state index contributed by atoms with van der Waals surface area (Å²) in [7, 11) is 0. The molecule has 0 saturated heterocycles. The smallest absolute Gasteiger partial charge is 0.430 e. The lowest BCUT2D eigenvalue weighted by Gasteiger charge is -2.10. The predicted octanol–water partition coefficient (Wildman–Crippen LogP) is 6.94. The minimum Gasteiger partial charge on any atom is -0.456 e. The third-order valence-corrected chi connectivity index (χ3v) is 5.65. The molecule has 2 aromatic carbocycles. The molecule has 0 spiro atoms. The first-order valence-electron chi connectivity index (χ1n) is 11.0. The van der Waals surface area contributed by atoms with Crippen LogP contribution in [0.5, 0.6) is 0 Å². The second kappa shape index (κ2) is 12.1. The highest BCUT2D eigenvalue weighted by molar-refractivity contribution is 6.33. The molecule has 3 aromatic rings. The molecule has 0 fully saturated rings. The molecule has 36 heavy (non-hydrogen) atoms. The van der Waals surface area contributed by atoms with Gasteiger partial charge in [0.05, 0.1) is 27.7 Å². The Kier molecular flexibility index (Phi) is 9.17. The van der Waals surface area contributed by atoms with Crippen LogP contribution in [0.1, 0.15) is 47.2 Å². The molecule has 0 unspecified atom stereocenters. The van der Waals surface area contributed by atoms with E-state index in [0.29, 0.717) is 17.6 Å². The molecule has 1 aromatic heterocycles. The summed E-state index contributed by atoms with van der Waals surface area (Å²) in [5, 5.41) is 0.489. The van der Waals surface area contributed by atoms with E-state index in [1.807, 2.05) is 0 Å². The Hall–Kier alpha value is -3.30. The second-order valence-corrected chi connectivity index (χ2v) is 8.52. The monoisotopic (exact) mass is 538 g/mol. The summed E-state index contributed by atoms with van der Waals surface area (Å²) in [6.45, 7) is 1.95. The molecule has 6 nitrogen and oxygen atoms in total. The quantitative estimate of drug-likeness (QED) is 0.228. The molecule has 1 heterocycles. The van der Waals surface area contributed by atoms with Crippen LogP contribution in [-0.2, 0) is 17.8 Å². The Bertz CT molecular complexity index is 1270. The fourth-order valence-electron chi connectivity index (χ4n) is 3.08. The van der Waals surface area contributed by atoms with Gasteiger partial charge < -0.3 is 15.5 Å². The maximum atomic E-state index is 13.1. The Morgan fingerprint density at radius 2 is 1.81 bits per heavy atom. The fourth-order valence-corrected chi connectivity index (χ4v) is 3.46. The first kappa shape index (κ1) is 27.3. The van der Waals surface area contributed by atoms with Gasteiger partial charge in [-0.05, 0) is 36.8 Å². The van der Waals surface area contributed by atoms with Crippen molar-refractivity contribution in [2.75, 3.05) is 0 Å². The van der Waals surface area contributed by atoms with E-state index in [4.69, 9.17) is 33.7 Å². The zero-order valence-electron chi connectivity index (χ0n) is 19.2. The first-order chi connectivity index (χ1) is 17.1. The van der Waals surface area contributed by atoms with Crippen LogP contribution in [0.2, 0.25) is 10.2 Å². The van der Waals surface area contributed by atoms with E-state index in [-0.39, 0.29) is 39.3 Å². The zero-order chi connectivity index (χ0) is 26.3. The van der Waals surface area contributed by atoms with Gasteiger partial charge in [-0.1, -0.05) is 60.8 Å². The van der Waals surface area contributed by atoms with E-state index >= 15 is 0 Å². The molecule has 0 aliphatic carbocycles. The normalized spacial score (nSPS) is 12.6. The maximum Gasteiger partial charge on any atom is 0.430 e. The van der Waals surface area contributed by atoms with E-state index in [0.717, 1.165) is 19.3 Å². The molecule has 0 aliphatic rings. The number of allylic oxidation sites excluding steroid dienone is 2. The minimum atomic E-state index is -4.74. The van der Waals surface area contributed by atoms with Gasteiger partial charge in [-0.25, -0.2) is 14.8 Å². The van der Waals surface area contributed by atoms with Crippen LogP contribution in [0.3, 0.4) is 0 Å². The number of H-pyrrole nitrogens is 1. The number of esters is 1. The van der Waals surface area contributed by atoms with Crippen LogP contribution < -0.4 is 5.73 Å². The third kappa shape index (κ3) is 7.35. The average molecular weight is 539 g/mol. The molecule has 0 aliphatic heterocycles. The van der Waals surface area contributed by atoms with Gasteiger partial charge in [-0.15, -0.1) is 0 Å². The number of nitrogens with zero attached hydrogens (tertiary/aromatic N) is 2. The number of rotatable bonds is 9. The number of hydrogen-bond acceptors (Lipinski definition) is 5. The number of nitrogens with one attached hydrogen (secondary N) is 1. The van der Waals surface area contributed by atoms with Crippen molar-refractivity contribution in [2.45, 2.75) is 39.0 Å². The molecule has 0 saturated carbocycles. The van der Waals surface area contributed by atoms with Crippen molar-refractivity contribution in [3.63, 3.8) is 0 Å². The number of halogens is 5. The number of carbonyl (C=O) groups excluding carboxylic acids is 1. The van der Waals surface area contributed by atoms with Gasteiger partial charge in [-0.3, -0.25) is 0 Å². The van der Waals surface area contributed by atoms with Gasteiger partial charge in [-0.2, -0.15) is 13.2 Å². The van der Waals surface area contributed by atoms with E-state index in [1.54, 1.807) is 24.3 Å². The highest BCUT2D eigenvalue weighted by atomic mass is 35.5. The molecule has 0 radical (unpaired) electrons. The fraction of sp³-hybridized carbons (Fsp3) is 0.240. The molecule has 0 amide bonds. The van der Waals surface area contributed by atoms with Gasteiger partial charge in [0.2, 0.25) is 0 Å². The molecule has 11 heteroatoms. The number of ether oxygens (including phenoxy) is 1. The van der Waals surface area contributed by atoms with Crippen LogP contribution in [0, 0.1) is 0 Å². The van der Waals surface area contributed by atoms with Crippen molar-refractivity contribution in [1.29, 1.82) is 0 Å². The highest BCUT2D eigenvalue weighted by Gasteiger charge is 2.31. The second-order valence-electron chi connectivity index (χ2n) is 7.76. The van der Waals surface area contributed by atoms with Crippen LogP contribution in [0.25, 0.3) is 0 Å². The number of aryl methyl sites for hydroxylation is 1. The largest absolute Gasteiger partial charge is 0.456 e. The van der Waals surface area contributed by atoms with Gasteiger partial charge >= 0.3 is 12.1 Å². The van der Waals surface area contributed by atoms with Crippen LogP contribution in [0.15, 0.2) is 65.3 Å². The van der Waals surface area contributed by atoms with Crippen LogP contribution in [0.4, 0.5) is 18.9 Å².